The summed E-state index contributed by atoms with van der Waals surface area (Å²) < 4.78 is 7.17. The minimum absolute atomic E-state index is 0. The van der Waals surface area contributed by atoms with Crippen LogP contribution in [0.5, 0.6) is 0 Å². The lowest BCUT2D eigenvalue weighted by molar-refractivity contribution is -0.432. The van der Waals surface area contributed by atoms with Gasteiger partial charge in [0.1, 0.15) is 23.5 Å². The fraction of sp³-hybridized carbons (Fsp3) is 0.822. The molecule has 4 fully saturated rings. The van der Waals surface area contributed by atoms with Gasteiger partial charge in [0.25, 0.3) is 0 Å². The number of aliphatic imine (C=N–C) groups is 1. The Labute approximate surface area is 677 Å². The Kier molecular flexibility index (Phi) is 57.5. The molecule has 0 bridgehead atoms. The van der Waals surface area contributed by atoms with Gasteiger partial charge in [0.05, 0.1) is 49.2 Å². The second kappa shape index (κ2) is 55.3. The van der Waals surface area contributed by atoms with Crippen LogP contribution in [0, 0.1) is 43.3 Å². The molecule has 0 saturated carbocycles. The van der Waals surface area contributed by atoms with Crippen molar-refractivity contribution in [2.45, 2.75) is 219 Å². The number of guanidine groups is 2. The van der Waals surface area contributed by atoms with E-state index in [-0.39, 0.29) is 96.3 Å². The van der Waals surface area contributed by atoms with Crippen molar-refractivity contribution in [3.63, 3.8) is 0 Å². The molecule has 1 aromatic carbocycles. The number of aromatic carboxylic acids is 2. The third kappa shape index (κ3) is 56.1. The lowest BCUT2D eigenvalue weighted by Gasteiger charge is -2.44. The van der Waals surface area contributed by atoms with Gasteiger partial charge in [-0.2, -0.15) is 4.99 Å². The Bertz CT molecular complexity index is 2730. The number of piperazine rings is 1. The molecule has 4 saturated heterocycles. The predicted octanol–water partition coefficient (Wildman–Crippen LogP) is 8.11. The van der Waals surface area contributed by atoms with E-state index in [9.17, 15) is 29.1 Å². The van der Waals surface area contributed by atoms with Gasteiger partial charge in [-0.1, -0.05) is 162 Å². The number of rotatable bonds is 25. The predicted molar refractivity (Wildman–Crippen MR) is 447 cm³/mol. The molecule has 0 spiro atoms. The van der Waals surface area contributed by atoms with Crippen molar-refractivity contribution in [2.75, 3.05) is 136 Å². The first-order valence-corrected chi connectivity index (χ1v) is 39.6. The quantitative estimate of drug-likeness (QED) is 0.00835. The van der Waals surface area contributed by atoms with Crippen molar-refractivity contribution < 1.29 is 101 Å². The van der Waals surface area contributed by atoms with E-state index in [1.54, 1.807) is 30.3 Å². The molecule has 4 heterocycles. The molecule has 0 radical (unpaired) electrons. The molecule has 110 heavy (non-hydrogen) atoms. The van der Waals surface area contributed by atoms with E-state index < -0.39 is 52.4 Å². The van der Waals surface area contributed by atoms with Crippen molar-refractivity contribution in [1.29, 1.82) is 5.41 Å². The van der Waals surface area contributed by atoms with E-state index >= 15 is 0 Å². The molecule has 37 heteroatoms. The van der Waals surface area contributed by atoms with Crippen LogP contribution in [0.15, 0.2) is 23.2 Å². The van der Waals surface area contributed by atoms with E-state index in [1.807, 2.05) is 81.1 Å². The van der Waals surface area contributed by atoms with E-state index in [0.717, 1.165) is 69.9 Å². The molecule has 1 amide bonds. The highest BCUT2D eigenvalue weighted by molar-refractivity contribution is 8.01. The van der Waals surface area contributed by atoms with E-state index in [0.29, 0.717) is 54.1 Å². The second-order valence-corrected chi connectivity index (χ2v) is 38.4. The van der Waals surface area contributed by atoms with Crippen molar-refractivity contribution in [3.8, 4) is 0 Å². The zero-order valence-corrected chi connectivity index (χ0v) is 74.1. The summed E-state index contributed by atoms with van der Waals surface area (Å²) in [5.74, 6) is -4.38. The molecule has 652 valence electrons. The Balaban J connectivity index is -0.000000286. The van der Waals surface area contributed by atoms with Gasteiger partial charge < -0.3 is 98.7 Å². The van der Waals surface area contributed by atoms with Crippen molar-refractivity contribution in [1.82, 2.24) is 40.9 Å². The molecule has 0 aliphatic carbocycles. The highest BCUT2D eigenvalue weighted by atomic mass is 35.5. The first-order chi connectivity index (χ1) is 49.6. The monoisotopic (exact) mass is 1660 g/mol. The van der Waals surface area contributed by atoms with Crippen LogP contribution in [-0.4, -0.2) is 288 Å². The van der Waals surface area contributed by atoms with Gasteiger partial charge in [0.2, 0.25) is 11.9 Å². The van der Waals surface area contributed by atoms with Crippen LogP contribution in [0.2, 0.25) is 0 Å². The molecule has 5 atom stereocenters. The fourth-order valence-electron chi connectivity index (χ4n) is 9.95. The number of carboxylic acids is 4. The highest BCUT2D eigenvalue weighted by Gasteiger charge is 2.63. The zero-order valence-electron chi connectivity index (χ0n) is 70.9. The normalized spacial score (nSPS) is 17.8. The minimum atomic E-state index is -1.25. The lowest BCUT2D eigenvalue weighted by Crippen LogP contribution is -2.70. The average molecular weight is 1660 g/mol. The van der Waals surface area contributed by atoms with Gasteiger partial charge in [-0.15, -0.1) is 32.8 Å². The number of hydrogen-bond acceptors (Lipinski definition) is 27. The number of benzene rings is 1. The number of nitrogens with one attached hydrogen (secondary N) is 6. The topological polar surface area (TPSA) is 506 Å². The van der Waals surface area contributed by atoms with Gasteiger partial charge in [0.15, 0.2) is 5.96 Å². The summed E-state index contributed by atoms with van der Waals surface area (Å²) >= 11 is 3.44. The SMILES string of the molecule is CC(C)(C)CN1CCCC1.CC(C)(C)CN1CCN(C(N)=NC(=N)N)CC1.CC(C)(C)CNC(CO)(CO)CO.CC(C)(C)CNC1C(=O)N2C1SC(C)(C)C2C(=O)O.CC(C)(C)CNCCO.CC(C)(C)CNc1cccc(C(=O)O)c1C(=O)O.CC(O)C(NCC(C)(C)C)C(=O)O.CSOOO.CSOOO.Cl.[HH]. The number of carboxylic acid groups (broad SMARTS) is 4. The van der Waals surface area contributed by atoms with Gasteiger partial charge in [-0.3, -0.25) is 19.9 Å². The lowest BCUT2D eigenvalue weighted by atomic mass is 9.93. The number of halogens is 1. The number of β-lactam (4-membered cyclic amide) rings is 1. The number of aliphatic hydroxyl groups is 5. The summed E-state index contributed by atoms with van der Waals surface area (Å²) in [6, 6.07) is 2.55. The largest absolute Gasteiger partial charge is 0.480 e. The number of nitrogens with two attached hydrogens (primary N) is 2. The average Bonchev–Trinajstić information content (AvgIpc) is 1.56. The number of aliphatic carboxylic acids is 2. The molecule has 4 aliphatic rings. The standard InChI is InChI=1S/C13H22N2O3S.C13H17NO4.C11H24N6.C9H21NO3.C9H19NO3.C9H19N.C7H17NO.2CH4O3S.ClH.H2/c1-12(2,3)6-14-7-9(16)15-8(11(17)18)13(4,5)19-10(7)15;1-13(2,3)7-14-9-6-4-5-8(11(15)16)10(9)12(17)18;1-11(2,3)8-16-4-6-17(7-5-16)10(14)15-9(12)13;1-8(2,3)4-10-9(5-11,6-12)7-13;1-6(11)7(8(12)13)10-5-9(2,3)4;1-9(2,3)8-10-6-4-5-7-10;1-7(2,3)6-8-4-5-9;2*1-5-4-3-2;;/h7-8,10,14H,6H2,1-5H3,(H,17,18);4-6,14H,7H2,1-3H3,(H,15,16)(H,17,18);4-8H2,1-3H3,(H5,12,13,14,15);10-13H,4-7H2,1-3H3;6-7,10-11H,5H2,1-4H3,(H,12,13);4-8H2,1-3H3;8-9H,4-6H2,1-3H3;2*2H,1H3;2*1H. The number of aliphatic hydroxyl groups excluding tert-OH is 5. The Hall–Kier alpha value is -4.23. The molecule has 0 aromatic heterocycles. The van der Waals surface area contributed by atoms with E-state index in [1.165, 1.54) is 56.4 Å². The second-order valence-electron chi connectivity index (χ2n) is 35.7. The van der Waals surface area contributed by atoms with Crippen LogP contribution in [0.25, 0.3) is 0 Å². The van der Waals surface area contributed by atoms with Crippen LogP contribution >= 0.6 is 48.3 Å². The smallest absolute Gasteiger partial charge is 0.338 e. The van der Waals surface area contributed by atoms with Crippen LogP contribution < -0.4 is 38.1 Å². The Morgan fingerprint density at radius 3 is 1.43 bits per heavy atom. The summed E-state index contributed by atoms with van der Waals surface area (Å²) in [6.07, 6.45) is 5.19. The maximum absolute atomic E-state index is 12.1. The number of carbonyl (C=O) groups is 5. The van der Waals surface area contributed by atoms with E-state index in [4.69, 9.17) is 68.2 Å². The van der Waals surface area contributed by atoms with Crippen LogP contribution in [0.3, 0.4) is 0 Å². The Morgan fingerprint density at radius 1 is 0.664 bits per heavy atom. The van der Waals surface area contributed by atoms with Gasteiger partial charge >= 0.3 is 23.9 Å². The summed E-state index contributed by atoms with van der Waals surface area (Å²) in [5, 5.41) is 124. The van der Waals surface area contributed by atoms with Crippen LogP contribution in [0.1, 0.15) is 201 Å². The third-order valence-corrected chi connectivity index (χ3v) is 17.0. The van der Waals surface area contributed by atoms with Crippen LogP contribution in [0.4, 0.5) is 5.69 Å². The fourth-order valence-corrected chi connectivity index (χ4v) is 11.7. The summed E-state index contributed by atoms with van der Waals surface area (Å²) in [4.78, 5) is 68.5. The van der Waals surface area contributed by atoms with Crippen molar-refractivity contribution in [3.05, 3.63) is 29.3 Å². The zero-order chi connectivity index (χ0) is 85.9. The first-order valence-electron chi connectivity index (χ1n) is 36.4. The van der Waals surface area contributed by atoms with E-state index in [2.05, 4.69) is 143 Å². The number of nitrogens with zero attached hydrogens (tertiary/aromatic N) is 5. The number of amides is 1. The molecule has 4 aliphatic heterocycles. The third-order valence-electron chi connectivity index (χ3n) is 15.0. The molecule has 21 N–H and O–H groups in total. The number of fused-ring (bicyclic) bond motifs is 1. The summed E-state index contributed by atoms with van der Waals surface area (Å²) in [5.41, 5.74) is 11.2. The summed E-state index contributed by atoms with van der Waals surface area (Å²) in [7, 11) is 0. The molecule has 1 aromatic rings. The van der Waals surface area contributed by atoms with Crippen molar-refractivity contribution in [2.24, 2.45) is 54.4 Å². The van der Waals surface area contributed by atoms with Gasteiger partial charge in [0, 0.05) is 127 Å². The van der Waals surface area contributed by atoms with Gasteiger partial charge in [-0.25, -0.2) is 24.9 Å². The molecular weight excluding hydrogens is 1510 g/mol. The summed E-state index contributed by atoms with van der Waals surface area (Å²) in [6.45, 7) is 62.1. The molecular formula is C73H150ClN13O20S3. The van der Waals surface area contributed by atoms with Crippen LogP contribution in [-0.2, 0) is 33.1 Å². The first kappa shape index (κ1) is 114. The maximum Gasteiger partial charge on any atom is 0.338 e. The highest BCUT2D eigenvalue weighted by Crippen LogP contribution is 2.51. The molecule has 33 nitrogen and oxygen atoms in total. The molecule has 5 unspecified atom stereocenters. The number of likely N-dealkylation sites (tertiary alicyclic amines) is 1. The minimum Gasteiger partial charge on any atom is -0.480 e. The number of carbonyl (C=O) groups excluding carboxylic acids is 1. The maximum atomic E-state index is 12.1. The van der Waals surface area contributed by atoms with Gasteiger partial charge in [-0.05, 0) is 96.7 Å². The number of thioether (sulfide) groups is 1. The number of anilines is 1. The van der Waals surface area contributed by atoms with Crippen molar-refractivity contribution >= 4 is 95.6 Å². The molecule has 5 rings (SSSR count). The Morgan fingerprint density at radius 2 is 1.10 bits per heavy atom. The number of hydrogen-bond donors (Lipinski definition) is 19.